The van der Waals surface area contributed by atoms with E-state index in [1.807, 2.05) is 30.3 Å². The first-order valence-corrected chi connectivity index (χ1v) is 7.87. The number of morpholine rings is 1. The fourth-order valence-electron chi connectivity index (χ4n) is 2.66. The van der Waals surface area contributed by atoms with E-state index in [1.165, 1.54) is 0 Å². The van der Waals surface area contributed by atoms with Crippen molar-refractivity contribution in [3.8, 4) is 0 Å². The topological polar surface area (TPSA) is 75.9 Å². The van der Waals surface area contributed by atoms with Crippen LogP contribution in [0.25, 0.3) is 0 Å². The number of ether oxygens (including phenoxy) is 1. The largest absolute Gasteiger partial charge is 0.378 e. The lowest BCUT2D eigenvalue weighted by Crippen LogP contribution is -2.56. The predicted molar refractivity (Wildman–Crippen MR) is 89.1 cm³/mol. The highest BCUT2D eigenvalue weighted by Crippen LogP contribution is 2.20. The summed E-state index contributed by atoms with van der Waals surface area (Å²) in [4.78, 5) is 27.7. The molecule has 1 saturated heterocycles. The van der Waals surface area contributed by atoms with Crippen LogP contribution in [0.1, 0.15) is 20.3 Å². The number of primary amides is 1. The van der Waals surface area contributed by atoms with Crippen molar-refractivity contribution in [1.29, 1.82) is 0 Å². The summed E-state index contributed by atoms with van der Waals surface area (Å²) in [6.45, 7) is 6.67. The van der Waals surface area contributed by atoms with Crippen LogP contribution in [0.5, 0.6) is 0 Å². The first-order chi connectivity index (χ1) is 10.9. The zero-order valence-corrected chi connectivity index (χ0v) is 13.8. The van der Waals surface area contributed by atoms with Gasteiger partial charge in [0.2, 0.25) is 11.8 Å². The van der Waals surface area contributed by atoms with Crippen LogP contribution in [0.3, 0.4) is 0 Å². The maximum absolute atomic E-state index is 12.8. The molecule has 2 N–H and O–H groups in total. The standard InChI is InChI=1S/C17H25N3O3/c1-17(2)13-23-11-10-19(17)12-16(22)20(9-8-15(18)21)14-6-4-3-5-7-14/h3-7H,8-13H2,1-2H3,(H2,18,21). The summed E-state index contributed by atoms with van der Waals surface area (Å²) in [5, 5.41) is 0. The van der Waals surface area contributed by atoms with Crippen molar-refractivity contribution in [2.24, 2.45) is 5.73 Å². The first-order valence-electron chi connectivity index (χ1n) is 7.87. The second kappa shape index (κ2) is 7.57. The average Bonchev–Trinajstić information content (AvgIpc) is 2.50. The van der Waals surface area contributed by atoms with Crippen LogP contribution in [-0.2, 0) is 14.3 Å². The van der Waals surface area contributed by atoms with Crippen molar-refractivity contribution in [2.45, 2.75) is 25.8 Å². The molecule has 6 nitrogen and oxygen atoms in total. The van der Waals surface area contributed by atoms with E-state index in [4.69, 9.17) is 10.5 Å². The van der Waals surface area contributed by atoms with Gasteiger partial charge in [0.25, 0.3) is 0 Å². The summed E-state index contributed by atoms with van der Waals surface area (Å²) < 4.78 is 5.49. The normalized spacial score (nSPS) is 17.7. The molecule has 2 rings (SSSR count). The van der Waals surface area contributed by atoms with Crippen molar-refractivity contribution < 1.29 is 14.3 Å². The number of amides is 2. The lowest BCUT2D eigenvalue weighted by Gasteiger charge is -2.42. The van der Waals surface area contributed by atoms with E-state index in [2.05, 4.69) is 18.7 Å². The van der Waals surface area contributed by atoms with Gasteiger partial charge in [0.1, 0.15) is 0 Å². The van der Waals surface area contributed by atoms with Gasteiger partial charge in [-0.1, -0.05) is 18.2 Å². The van der Waals surface area contributed by atoms with E-state index in [0.29, 0.717) is 26.3 Å². The third kappa shape index (κ3) is 4.77. The summed E-state index contributed by atoms with van der Waals surface area (Å²) in [6, 6.07) is 9.37. The molecule has 2 amide bonds. The Hall–Kier alpha value is -1.92. The number of hydrogen-bond acceptors (Lipinski definition) is 4. The van der Waals surface area contributed by atoms with Crippen LogP contribution in [0.2, 0.25) is 0 Å². The molecular formula is C17H25N3O3. The second-order valence-electron chi connectivity index (χ2n) is 6.38. The Morgan fingerprint density at radius 3 is 2.61 bits per heavy atom. The maximum Gasteiger partial charge on any atom is 0.241 e. The van der Waals surface area contributed by atoms with Crippen molar-refractivity contribution >= 4 is 17.5 Å². The van der Waals surface area contributed by atoms with E-state index in [9.17, 15) is 9.59 Å². The average molecular weight is 319 g/mol. The third-order valence-electron chi connectivity index (χ3n) is 4.09. The molecule has 0 aliphatic carbocycles. The number of nitrogens with two attached hydrogens (primary N) is 1. The first kappa shape index (κ1) is 17.4. The highest BCUT2D eigenvalue weighted by Gasteiger charge is 2.33. The smallest absolute Gasteiger partial charge is 0.241 e. The Morgan fingerprint density at radius 2 is 2.00 bits per heavy atom. The van der Waals surface area contributed by atoms with Crippen molar-refractivity contribution in [3.05, 3.63) is 30.3 Å². The monoisotopic (exact) mass is 319 g/mol. The minimum absolute atomic E-state index is 0.0348. The maximum atomic E-state index is 12.8. The molecule has 0 aromatic heterocycles. The zero-order chi connectivity index (χ0) is 16.9. The lowest BCUT2D eigenvalue weighted by molar-refractivity contribution is -0.124. The van der Waals surface area contributed by atoms with Crippen molar-refractivity contribution in [1.82, 2.24) is 4.90 Å². The van der Waals surface area contributed by atoms with Gasteiger partial charge >= 0.3 is 0 Å². The number of para-hydroxylation sites is 1. The second-order valence-corrected chi connectivity index (χ2v) is 6.38. The van der Waals surface area contributed by atoms with Crippen LogP contribution < -0.4 is 10.6 Å². The third-order valence-corrected chi connectivity index (χ3v) is 4.09. The molecule has 0 radical (unpaired) electrons. The van der Waals surface area contributed by atoms with E-state index in [1.54, 1.807) is 4.90 Å². The minimum Gasteiger partial charge on any atom is -0.378 e. The Morgan fingerprint density at radius 1 is 1.30 bits per heavy atom. The summed E-state index contributed by atoms with van der Waals surface area (Å²) >= 11 is 0. The van der Waals surface area contributed by atoms with Crippen molar-refractivity contribution in [3.63, 3.8) is 0 Å². The van der Waals surface area contributed by atoms with Gasteiger partial charge in [0.15, 0.2) is 0 Å². The highest BCUT2D eigenvalue weighted by molar-refractivity contribution is 5.95. The van der Waals surface area contributed by atoms with Gasteiger partial charge in [0.05, 0.1) is 19.8 Å². The molecule has 1 aliphatic heterocycles. The summed E-state index contributed by atoms with van der Waals surface area (Å²) in [7, 11) is 0. The minimum atomic E-state index is -0.412. The van der Waals surface area contributed by atoms with Gasteiger partial charge in [-0.25, -0.2) is 0 Å². The molecular weight excluding hydrogens is 294 g/mol. The molecule has 1 aromatic rings. The van der Waals surface area contributed by atoms with Gasteiger partial charge in [-0.15, -0.1) is 0 Å². The molecule has 6 heteroatoms. The van der Waals surface area contributed by atoms with Crippen LogP contribution in [-0.4, -0.2) is 55.1 Å². The molecule has 1 fully saturated rings. The fourth-order valence-corrected chi connectivity index (χ4v) is 2.66. The Bertz CT molecular complexity index is 545. The van der Waals surface area contributed by atoms with Crippen LogP contribution in [0, 0.1) is 0 Å². The number of benzene rings is 1. The predicted octanol–water partition coefficient (Wildman–Crippen LogP) is 1.01. The Balaban J connectivity index is 2.11. The van der Waals surface area contributed by atoms with E-state index >= 15 is 0 Å². The van der Waals surface area contributed by atoms with Gasteiger partial charge in [-0.2, -0.15) is 0 Å². The molecule has 126 valence electrons. The SMILES string of the molecule is CC1(C)COCCN1CC(=O)N(CCC(N)=O)c1ccccc1. The molecule has 0 bridgehead atoms. The zero-order valence-electron chi connectivity index (χ0n) is 13.8. The summed E-state index contributed by atoms with van der Waals surface area (Å²) in [6.07, 6.45) is 0.146. The molecule has 0 spiro atoms. The Labute approximate surface area is 137 Å². The van der Waals surface area contributed by atoms with Gasteiger partial charge < -0.3 is 15.4 Å². The van der Waals surface area contributed by atoms with E-state index < -0.39 is 5.91 Å². The molecule has 1 heterocycles. The molecule has 0 atom stereocenters. The van der Waals surface area contributed by atoms with Crippen molar-refractivity contribution in [2.75, 3.05) is 37.7 Å². The number of anilines is 1. The van der Waals surface area contributed by atoms with Crippen LogP contribution >= 0.6 is 0 Å². The highest BCUT2D eigenvalue weighted by atomic mass is 16.5. The number of hydrogen-bond donors (Lipinski definition) is 1. The van der Waals surface area contributed by atoms with Gasteiger partial charge in [-0.05, 0) is 26.0 Å². The Kier molecular flexibility index (Phi) is 5.74. The molecule has 1 aliphatic rings. The number of carbonyl (C=O) groups excluding carboxylic acids is 2. The molecule has 0 saturated carbocycles. The van der Waals surface area contributed by atoms with E-state index in [-0.39, 0.29) is 17.9 Å². The fraction of sp³-hybridized carbons (Fsp3) is 0.529. The molecule has 23 heavy (non-hydrogen) atoms. The van der Waals surface area contributed by atoms with Crippen LogP contribution in [0.15, 0.2) is 30.3 Å². The molecule has 0 unspecified atom stereocenters. The van der Waals surface area contributed by atoms with Crippen LogP contribution in [0.4, 0.5) is 5.69 Å². The summed E-state index contributed by atoms with van der Waals surface area (Å²) in [5.74, 6) is -0.446. The number of nitrogens with zero attached hydrogens (tertiary/aromatic N) is 2. The lowest BCUT2D eigenvalue weighted by atomic mass is 10.0. The quantitative estimate of drug-likeness (QED) is 0.849. The van der Waals surface area contributed by atoms with Gasteiger partial charge in [-0.3, -0.25) is 14.5 Å². The number of carbonyl (C=O) groups is 2. The molecule has 1 aromatic carbocycles. The number of rotatable bonds is 6. The summed E-state index contributed by atoms with van der Waals surface area (Å²) in [5.41, 5.74) is 5.84. The van der Waals surface area contributed by atoms with Gasteiger partial charge in [0, 0.05) is 30.7 Å². The van der Waals surface area contributed by atoms with E-state index in [0.717, 1.165) is 12.2 Å².